The fourth-order valence-corrected chi connectivity index (χ4v) is 2.10. The van der Waals surface area contributed by atoms with Crippen LogP contribution < -0.4 is 15.8 Å². The smallest absolute Gasteiger partial charge is 0.122 e. The molecule has 0 saturated carbocycles. The lowest BCUT2D eigenvalue weighted by Crippen LogP contribution is -2.38. The van der Waals surface area contributed by atoms with Crippen molar-refractivity contribution in [1.82, 2.24) is 5.32 Å². The van der Waals surface area contributed by atoms with Crippen LogP contribution in [0.4, 0.5) is 0 Å². The highest BCUT2D eigenvalue weighted by Crippen LogP contribution is 2.27. The maximum Gasteiger partial charge on any atom is 0.122 e. The van der Waals surface area contributed by atoms with Gasteiger partial charge < -0.3 is 15.8 Å². The molecular weight excluding hydrogens is 236 g/mol. The Morgan fingerprint density at radius 3 is 2.58 bits per heavy atom. The zero-order valence-electron chi connectivity index (χ0n) is 12.9. The number of rotatable bonds is 7. The minimum atomic E-state index is 0.0877. The summed E-state index contributed by atoms with van der Waals surface area (Å²) in [5.74, 6) is 0.977. The third-order valence-corrected chi connectivity index (χ3v) is 3.29. The lowest BCUT2D eigenvalue weighted by molar-refractivity contribution is 0.337. The molecule has 0 radical (unpaired) electrons. The Morgan fingerprint density at radius 1 is 1.37 bits per heavy atom. The second-order valence-corrected chi connectivity index (χ2v) is 5.91. The molecule has 3 N–H and O–H groups in total. The highest BCUT2D eigenvalue weighted by molar-refractivity contribution is 5.39. The van der Waals surface area contributed by atoms with E-state index in [0.29, 0.717) is 6.61 Å². The summed E-state index contributed by atoms with van der Waals surface area (Å²) in [6, 6.07) is 6.64. The van der Waals surface area contributed by atoms with Crippen LogP contribution in [0.3, 0.4) is 0 Å². The SMILES string of the molecule is CCOc1ccc(C(C)(C)CNCC(C)N)cc1C. The van der Waals surface area contributed by atoms with Crippen LogP contribution in [-0.2, 0) is 5.41 Å². The Kier molecular flexibility index (Phi) is 5.83. The maximum absolute atomic E-state index is 5.76. The summed E-state index contributed by atoms with van der Waals surface area (Å²) in [6.07, 6.45) is 0. The molecule has 1 atom stereocenters. The molecule has 1 unspecified atom stereocenters. The van der Waals surface area contributed by atoms with Crippen LogP contribution in [0.1, 0.15) is 38.8 Å². The summed E-state index contributed by atoms with van der Waals surface area (Å²) in [7, 11) is 0. The molecule has 0 saturated heterocycles. The second-order valence-electron chi connectivity index (χ2n) is 5.91. The molecule has 1 rings (SSSR count). The van der Waals surface area contributed by atoms with Crippen LogP contribution in [0.25, 0.3) is 0 Å². The summed E-state index contributed by atoms with van der Waals surface area (Å²) in [6.45, 7) is 13.1. The monoisotopic (exact) mass is 264 g/mol. The molecule has 1 aromatic rings. The van der Waals surface area contributed by atoms with Gasteiger partial charge in [-0.3, -0.25) is 0 Å². The normalized spacial score (nSPS) is 13.4. The first-order chi connectivity index (χ1) is 8.86. The van der Waals surface area contributed by atoms with E-state index in [1.54, 1.807) is 0 Å². The number of hydrogen-bond donors (Lipinski definition) is 2. The molecule has 0 aliphatic heterocycles. The minimum absolute atomic E-state index is 0.0877. The third kappa shape index (κ3) is 4.84. The Hall–Kier alpha value is -1.06. The number of aryl methyl sites for hydroxylation is 1. The van der Waals surface area contributed by atoms with Gasteiger partial charge in [0.15, 0.2) is 0 Å². The predicted molar refractivity (Wildman–Crippen MR) is 81.9 cm³/mol. The van der Waals surface area contributed by atoms with Crippen molar-refractivity contribution >= 4 is 0 Å². The van der Waals surface area contributed by atoms with Gasteiger partial charge in [0.1, 0.15) is 5.75 Å². The van der Waals surface area contributed by atoms with Gasteiger partial charge in [0.25, 0.3) is 0 Å². The van der Waals surface area contributed by atoms with E-state index in [1.807, 2.05) is 13.8 Å². The molecule has 108 valence electrons. The minimum Gasteiger partial charge on any atom is -0.494 e. The van der Waals surface area contributed by atoms with E-state index >= 15 is 0 Å². The fraction of sp³-hybridized carbons (Fsp3) is 0.625. The number of hydrogen-bond acceptors (Lipinski definition) is 3. The van der Waals surface area contributed by atoms with Crippen LogP contribution in [-0.4, -0.2) is 25.7 Å². The zero-order valence-corrected chi connectivity index (χ0v) is 12.9. The van der Waals surface area contributed by atoms with E-state index < -0.39 is 0 Å². The van der Waals surface area contributed by atoms with E-state index in [9.17, 15) is 0 Å². The van der Waals surface area contributed by atoms with Gasteiger partial charge in [-0.2, -0.15) is 0 Å². The van der Waals surface area contributed by atoms with Gasteiger partial charge in [0, 0.05) is 24.5 Å². The highest BCUT2D eigenvalue weighted by Gasteiger charge is 2.21. The van der Waals surface area contributed by atoms with Gasteiger partial charge in [-0.05, 0) is 38.0 Å². The summed E-state index contributed by atoms with van der Waals surface area (Å²) in [5.41, 5.74) is 8.37. The molecule has 19 heavy (non-hydrogen) atoms. The van der Waals surface area contributed by atoms with Gasteiger partial charge in [-0.1, -0.05) is 26.0 Å². The summed E-state index contributed by atoms with van der Waals surface area (Å²) < 4.78 is 5.58. The van der Waals surface area contributed by atoms with Crippen molar-refractivity contribution in [2.75, 3.05) is 19.7 Å². The van der Waals surface area contributed by atoms with E-state index in [1.165, 1.54) is 11.1 Å². The maximum atomic E-state index is 5.76. The van der Waals surface area contributed by atoms with Gasteiger partial charge in [-0.15, -0.1) is 0 Å². The number of nitrogens with one attached hydrogen (secondary N) is 1. The van der Waals surface area contributed by atoms with Crippen LogP contribution >= 0.6 is 0 Å². The van der Waals surface area contributed by atoms with E-state index in [-0.39, 0.29) is 11.5 Å². The van der Waals surface area contributed by atoms with Gasteiger partial charge in [0.05, 0.1) is 6.61 Å². The second kappa shape index (κ2) is 6.92. The first-order valence-corrected chi connectivity index (χ1v) is 7.07. The molecule has 0 bridgehead atoms. The van der Waals surface area contributed by atoms with Crippen molar-refractivity contribution in [2.24, 2.45) is 5.73 Å². The van der Waals surface area contributed by atoms with Crippen molar-refractivity contribution in [3.63, 3.8) is 0 Å². The van der Waals surface area contributed by atoms with Crippen molar-refractivity contribution in [3.8, 4) is 5.75 Å². The standard InChI is InChI=1S/C16H28N2O/c1-6-19-15-8-7-14(9-12(15)2)16(4,5)11-18-10-13(3)17/h7-9,13,18H,6,10-11,17H2,1-5H3. The molecule has 0 aliphatic rings. The van der Waals surface area contributed by atoms with E-state index in [2.05, 4.69) is 44.3 Å². The molecular formula is C16H28N2O. The Morgan fingerprint density at radius 2 is 2.05 bits per heavy atom. The van der Waals surface area contributed by atoms with Crippen molar-refractivity contribution in [1.29, 1.82) is 0 Å². The summed E-state index contributed by atoms with van der Waals surface area (Å²) in [4.78, 5) is 0. The van der Waals surface area contributed by atoms with Gasteiger partial charge >= 0.3 is 0 Å². The van der Waals surface area contributed by atoms with Crippen LogP contribution in [0.2, 0.25) is 0 Å². The van der Waals surface area contributed by atoms with Crippen LogP contribution in [0.5, 0.6) is 5.75 Å². The molecule has 0 aromatic heterocycles. The fourth-order valence-electron chi connectivity index (χ4n) is 2.10. The largest absolute Gasteiger partial charge is 0.494 e. The summed E-state index contributed by atoms with van der Waals surface area (Å²) in [5, 5.41) is 3.43. The number of benzene rings is 1. The molecule has 0 fully saturated rings. The lowest BCUT2D eigenvalue weighted by Gasteiger charge is -2.27. The average Bonchev–Trinajstić information content (AvgIpc) is 2.31. The average molecular weight is 264 g/mol. The summed E-state index contributed by atoms with van der Waals surface area (Å²) >= 11 is 0. The molecule has 0 heterocycles. The van der Waals surface area contributed by atoms with Crippen LogP contribution in [0, 0.1) is 6.92 Å². The number of ether oxygens (including phenoxy) is 1. The molecule has 0 spiro atoms. The topological polar surface area (TPSA) is 47.3 Å². The van der Waals surface area contributed by atoms with Crippen molar-refractivity contribution in [2.45, 2.75) is 46.1 Å². The molecule has 3 heteroatoms. The number of nitrogens with two attached hydrogens (primary N) is 1. The third-order valence-electron chi connectivity index (χ3n) is 3.29. The zero-order chi connectivity index (χ0) is 14.5. The Balaban J connectivity index is 2.74. The Bertz CT molecular complexity index is 400. The van der Waals surface area contributed by atoms with Crippen molar-refractivity contribution < 1.29 is 4.74 Å². The molecule has 0 aliphatic carbocycles. The van der Waals surface area contributed by atoms with Crippen LogP contribution in [0.15, 0.2) is 18.2 Å². The quantitative estimate of drug-likeness (QED) is 0.796. The van der Waals surface area contributed by atoms with Gasteiger partial charge in [-0.25, -0.2) is 0 Å². The first kappa shape index (κ1) is 16.0. The highest BCUT2D eigenvalue weighted by atomic mass is 16.5. The molecule has 0 amide bonds. The first-order valence-electron chi connectivity index (χ1n) is 7.07. The molecule has 3 nitrogen and oxygen atoms in total. The van der Waals surface area contributed by atoms with E-state index in [0.717, 1.165) is 18.8 Å². The lowest BCUT2D eigenvalue weighted by atomic mass is 9.83. The van der Waals surface area contributed by atoms with E-state index in [4.69, 9.17) is 10.5 Å². The van der Waals surface area contributed by atoms with Gasteiger partial charge in [0.2, 0.25) is 0 Å². The Labute approximate surface area is 117 Å². The predicted octanol–water partition coefficient (Wildman–Crippen LogP) is 2.61. The van der Waals surface area contributed by atoms with Crippen molar-refractivity contribution in [3.05, 3.63) is 29.3 Å². The molecule has 1 aromatic carbocycles.